The number of benzene rings is 2. The Hall–Kier alpha value is -2.98. The smallest absolute Gasteiger partial charge is 0.289 e. The first kappa shape index (κ1) is 19.8. The Labute approximate surface area is 169 Å². The average molecular weight is 419 g/mol. The van der Waals surface area contributed by atoms with Gasteiger partial charge in [-0.15, -0.1) is 5.10 Å². The number of nitrogens with one attached hydrogen (secondary N) is 1. The second-order valence-electron chi connectivity index (χ2n) is 5.92. The van der Waals surface area contributed by atoms with E-state index in [-0.39, 0.29) is 28.1 Å². The van der Waals surface area contributed by atoms with Crippen LogP contribution < -0.4 is 5.32 Å². The lowest BCUT2D eigenvalue weighted by molar-refractivity contribution is -0.384. The highest BCUT2D eigenvalue weighted by Gasteiger charge is 2.16. The van der Waals surface area contributed by atoms with E-state index in [4.69, 9.17) is 11.6 Å². The van der Waals surface area contributed by atoms with E-state index < -0.39 is 4.92 Å². The number of nitrogens with zero attached hydrogens (tertiary/aromatic N) is 5. The summed E-state index contributed by atoms with van der Waals surface area (Å²) >= 11 is 6.93. The van der Waals surface area contributed by atoms with Gasteiger partial charge < -0.3 is 5.32 Å². The number of hydrogen-bond donors (Lipinski definition) is 1. The molecule has 9 nitrogen and oxygen atoms in total. The fourth-order valence-corrected chi connectivity index (χ4v) is 3.39. The fourth-order valence-electron chi connectivity index (χ4n) is 2.52. The highest BCUT2D eigenvalue weighted by molar-refractivity contribution is 7.99. The molecule has 0 aliphatic rings. The van der Waals surface area contributed by atoms with Gasteiger partial charge in [-0.2, -0.15) is 4.68 Å². The summed E-state index contributed by atoms with van der Waals surface area (Å²) in [6, 6.07) is 9.97. The molecule has 1 N–H and O–H groups in total. The molecule has 0 aliphatic carbocycles. The van der Waals surface area contributed by atoms with E-state index in [2.05, 4.69) is 20.8 Å². The molecular formula is C17H15ClN6O3S. The first-order chi connectivity index (χ1) is 13.3. The molecule has 0 aliphatic heterocycles. The van der Waals surface area contributed by atoms with Gasteiger partial charge in [0.2, 0.25) is 11.1 Å². The fraction of sp³-hybridized carbons (Fsp3) is 0.176. The van der Waals surface area contributed by atoms with Gasteiger partial charge >= 0.3 is 0 Å². The van der Waals surface area contributed by atoms with E-state index in [9.17, 15) is 14.9 Å². The minimum atomic E-state index is -0.606. The van der Waals surface area contributed by atoms with Crippen LogP contribution in [0, 0.1) is 24.0 Å². The summed E-state index contributed by atoms with van der Waals surface area (Å²) in [5.41, 5.74) is 2.97. The first-order valence-electron chi connectivity index (χ1n) is 8.08. The van der Waals surface area contributed by atoms with E-state index >= 15 is 0 Å². The monoisotopic (exact) mass is 418 g/mol. The van der Waals surface area contributed by atoms with Crippen molar-refractivity contribution in [2.24, 2.45) is 0 Å². The van der Waals surface area contributed by atoms with Crippen LogP contribution in [-0.4, -0.2) is 36.8 Å². The zero-order valence-corrected chi connectivity index (χ0v) is 16.5. The van der Waals surface area contributed by atoms with E-state index in [0.29, 0.717) is 5.16 Å². The number of nitro benzene ring substituents is 1. The molecule has 0 atom stereocenters. The summed E-state index contributed by atoms with van der Waals surface area (Å²) in [4.78, 5) is 22.6. The third-order valence-corrected chi connectivity index (χ3v) is 5.02. The Morgan fingerprint density at radius 2 is 2.07 bits per heavy atom. The van der Waals surface area contributed by atoms with E-state index in [1.165, 1.54) is 18.2 Å². The second kappa shape index (κ2) is 8.36. The molecule has 11 heteroatoms. The normalized spacial score (nSPS) is 10.7. The quantitative estimate of drug-likeness (QED) is 0.369. The van der Waals surface area contributed by atoms with Gasteiger partial charge in [0.15, 0.2) is 0 Å². The average Bonchev–Trinajstić information content (AvgIpc) is 3.09. The van der Waals surface area contributed by atoms with Crippen molar-refractivity contribution in [1.82, 2.24) is 20.2 Å². The minimum Gasteiger partial charge on any atom is -0.325 e. The number of thioether (sulfide) groups is 1. The SMILES string of the molecule is Cc1ccc(-n2nnnc2SCC(=O)Nc2ccc(Cl)c([N+](=O)[O-])c2)c(C)c1. The first-order valence-corrected chi connectivity index (χ1v) is 9.44. The molecule has 0 saturated heterocycles. The largest absolute Gasteiger partial charge is 0.325 e. The van der Waals surface area contributed by atoms with Crippen LogP contribution in [0.15, 0.2) is 41.6 Å². The van der Waals surface area contributed by atoms with Crippen molar-refractivity contribution < 1.29 is 9.72 Å². The Morgan fingerprint density at radius 1 is 1.29 bits per heavy atom. The standard InChI is InChI=1S/C17H15ClN6O3S/c1-10-3-6-14(11(2)7-10)23-17(20-21-22-23)28-9-16(25)19-12-4-5-13(18)15(8-12)24(26)27/h3-8H,9H2,1-2H3,(H,19,25). The van der Waals surface area contributed by atoms with Crippen LogP contribution in [-0.2, 0) is 4.79 Å². The highest BCUT2D eigenvalue weighted by Crippen LogP contribution is 2.27. The Balaban J connectivity index is 1.69. The van der Waals surface area contributed by atoms with Gasteiger partial charge in [-0.3, -0.25) is 14.9 Å². The van der Waals surface area contributed by atoms with Gasteiger partial charge in [-0.05, 0) is 48.0 Å². The molecule has 0 spiro atoms. The number of carbonyl (C=O) groups excluding carboxylic acids is 1. The number of aryl methyl sites for hydroxylation is 2. The molecule has 2 aromatic carbocycles. The maximum absolute atomic E-state index is 12.2. The van der Waals surface area contributed by atoms with Crippen molar-refractivity contribution in [3.63, 3.8) is 0 Å². The van der Waals surface area contributed by atoms with Crippen LogP contribution in [0.4, 0.5) is 11.4 Å². The van der Waals surface area contributed by atoms with Gasteiger partial charge in [-0.1, -0.05) is 41.1 Å². The Bertz CT molecular complexity index is 1060. The third-order valence-electron chi connectivity index (χ3n) is 3.78. The van der Waals surface area contributed by atoms with Crippen molar-refractivity contribution in [2.75, 3.05) is 11.1 Å². The van der Waals surface area contributed by atoms with Crippen molar-refractivity contribution in [2.45, 2.75) is 19.0 Å². The molecule has 0 radical (unpaired) electrons. The molecule has 144 valence electrons. The van der Waals surface area contributed by atoms with Gasteiger partial charge in [0.05, 0.1) is 16.4 Å². The van der Waals surface area contributed by atoms with E-state index in [1.54, 1.807) is 4.68 Å². The number of amides is 1. The van der Waals surface area contributed by atoms with Crippen molar-refractivity contribution in [3.8, 4) is 5.69 Å². The van der Waals surface area contributed by atoms with Crippen LogP contribution in [0.1, 0.15) is 11.1 Å². The predicted molar refractivity (Wildman–Crippen MR) is 106 cm³/mol. The number of nitro groups is 1. The molecule has 0 saturated carbocycles. The lowest BCUT2D eigenvalue weighted by Gasteiger charge is -2.08. The van der Waals surface area contributed by atoms with E-state index in [1.807, 2.05) is 32.0 Å². The van der Waals surface area contributed by atoms with Crippen LogP contribution in [0.25, 0.3) is 5.69 Å². The number of rotatable bonds is 6. The molecular weight excluding hydrogens is 404 g/mol. The molecule has 0 fully saturated rings. The number of tetrazole rings is 1. The number of hydrogen-bond acceptors (Lipinski definition) is 7. The van der Waals surface area contributed by atoms with Gasteiger partial charge in [-0.25, -0.2) is 0 Å². The second-order valence-corrected chi connectivity index (χ2v) is 7.27. The predicted octanol–water partition coefficient (Wildman–Crippen LogP) is 3.57. The third kappa shape index (κ3) is 4.46. The van der Waals surface area contributed by atoms with Crippen molar-refractivity contribution in [3.05, 3.63) is 62.7 Å². The zero-order valence-electron chi connectivity index (χ0n) is 14.9. The summed E-state index contributed by atoms with van der Waals surface area (Å²) in [5.74, 6) is -0.321. The number of halogens is 1. The van der Waals surface area contributed by atoms with Gasteiger partial charge in [0, 0.05) is 11.8 Å². The summed E-state index contributed by atoms with van der Waals surface area (Å²) in [6.45, 7) is 3.95. The molecule has 3 rings (SSSR count). The van der Waals surface area contributed by atoms with Gasteiger partial charge in [0.25, 0.3) is 5.69 Å². The Kier molecular flexibility index (Phi) is 5.90. The molecule has 0 unspecified atom stereocenters. The summed E-state index contributed by atoms with van der Waals surface area (Å²) in [6.07, 6.45) is 0. The Morgan fingerprint density at radius 3 is 2.79 bits per heavy atom. The zero-order chi connectivity index (χ0) is 20.3. The van der Waals surface area contributed by atoms with Crippen molar-refractivity contribution >= 4 is 40.6 Å². The van der Waals surface area contributed by atoms with Crippen LogP contribution in [0.2, 0.25) is 5.02 Å². The molecule has 28 heavy (non-hydrogen) atoms. The van der Waals surface area contributed by atoms with Crippen molar-refractivity contribution in [1.29, 1.82) is 0 Å². The molecule has 0 bridgehead atoms. The molecule has 1 aromatic heterocycles. The number of aromatic nitrogens is 4. The number of anilines is 1. The summed E-state index contributed by atoms with van der Waals surface area (Å²) in [7, 11) is 0. The summed E-state index contributed by atoms with van der Waals surface area (Å²) in [5, 5.41) is 25.7. The summed E-state index contributed by atoms with van der Waals surface area (Å²) < 4.78 is 1.57. The topological polar surface area (TPSA) is 116 Å². The van der Waals surface area contributed by atoms with E-state index in [0.717, 1.165) is 28.6 Å². The maximum Gasteiger partial charge on any atom is 0.289 e. The molecule has 3 aromatic rings. The maximum atomic E-state index is 12.2. The van der Waals surface area contributed by atoms with Crippen LogP contribution in [0.3, 0.4) is 0 Å². The highest BCUT2D eigenvalue weighted by atomic mass is 35.5. The lowest BCUT2D eigenvalue weighted by atomic mass is 10.1. The van der Waals surface area contributed by atoms with Gasteiger partial charge in [0.1, 0.15) is 5.02 Å². The number of carbonyl (C=O) groups is 1. The molecule has 1 amide bonds. The van der Waals surface area contributed by atoms with Crippen LogP contribution in [0.5, 0.6) is 0 Å². The minimum absolute atomic E-state index is 0.00465. The lowest BCUT2D eigenvalue weighted by Crippen LogP contribution is -2.15. The molecule has 1 heterocycles. The van der Waals surface area contributed by atoms with Crippen LogP contribution >= 0.6 is 23.4 Å².